The maximum Gasteiger partial charge on any atom is 0.0827 e. The molecule has 0 amide bonds. The Bertz CT molecular complexity index is 20.8. The van der Waals surface area contributed by atoms with Crippen LogP contribution in [0, 0.1) is 0 Å². The molecule has 0 aliphatic carbocycles. The minimum Gasteiger partial charge on any atom is -0.252 e. The van der Waals surface area contributed by atoms with Gasteiger partial charge >= 0.3 is 0 Å². The molecule has 0 aliphatic rings. The van der Waals surface area contributed by atoms with E-state index in [2.05, 4.69) is 20.8 Å². The van der Waals surface area contributed by atoms with Crippen LogP contribution in [0.15, 0.2) is 0 Å². The minimum atomic E-state index is 0.422. The molecule has 0 radical (unpaired) electrons. The fourth-order valence-electron chi connectivity index (χ4n) is 0.119. The number of hydrogen-bond acceptors (Lipinski definition) is 2. The van der Waals surface area contributed by atoms with E-state index in [0.29, 0.717) is 6.61 Å². The summed E-state index contributed by atoms with van der Waals surface area (Å²) in [6, 6.07) is 0. The molecule has 3 heteroatoms. The Morgan fingerprint density at radius 2 is 2.33 bits per heavy atom. The third kappa shape index (κ3) is 4.40. The van der Waals surface area contributed by atoms with Crippen molar-refractivity contribution in [2.45, 2.75) is 6.42 Å². The lowest BCUT2D eigenvalue weighted by Gasteiger charge is -1.86. The van der Waals surface area contributed by atoms with Crippen LogP contribution in [0.3, 0.4) is 0 Å². The average Bonchev–Trinajstić information content (AvgIpc) is 1.61. The predicted octanol–water partition coefficient (Wildman–Crippen LogP) is 1.26. The third-order valence-electron chi connectivity index (χ3n) is 0.369. The molecule has 0 atom stereocenters. The van der Waals surface area contributed by atoms with Crippen LogP contribution < -0.4 is 0 Å². The molecule has 38 valence electrons. The highest BCUT2D eigenvalue weighted by atomic mass is 79.9. The third-order valence-corrected chi connectivity index (χ3v) is 0.930. The van der Waals surface area contributed by atoms with Gasteiger partial charge in [0.15, 0.2) is 0 Å². The molecule has 0 fully saturated rings. The lowest BCUT2D eigenvalue weighted by Crippen LogP contribution is -1.87. The fourth-order valence-corrected chi connectivity index (χ4v) is 0.348. The molecule has 0 aromatic carbocycles. The Kier molecular flexibility index (Phi) is 5.76. The summed E-state index contributed by atoms with van der Waals surface area (Å²) >= 11 is 3.16. The monoisotopic (exact) mass is 154 g/mol. The molecule has 0 aliphatic heterocycles. The van der Waals surface area contributed by atoms with Gasteiger partial charge in [0.25, 0.3) is 0 Å². The van der Waals surface area contributed by atoms with Crippen molar-refractivity contribution in [1.82, 2.24) is 0 Å². The van der Waals surface area contributed by atoms with Crippen molar-refractivity contribution >= 4 is 15.9 Å². The molecule has 0 bridgehead atoms. The van der Waals surface area contributed by atoms with Gasteiger partial charge in [-0.25, -0.2) is 4.89 Å². The first-order valence-electron chi connectivity index (χ1n) is 1.74. The summed E-state index contributed by atoms with van der Waals surface area (Å²) < 4.78 is 0. The molecule has 0 unspecified atom stereocenters. The van der Waals surface area contributed by atoms with Crippen LogP contribution in [0.2, 0.25) is 0 Å². The summed E-state index contributed by atoms with van der Waals surface area (Å²) in [7, 11) is 0. The highest BCUT2D eigenvalue weighted by Crippen LogP contribution is 1.85. The van der Waals surface area contributed by atoms with E-state index in [1.807, 2.05) is 0 Å². The van der Waals surface area contributed by atoms with Gasteiger partial charge in [-0.1, -0.05) is 15.9 Å². The van der Waals surface area contributed by atoms with Crippen LogP contribution in [0.25, 0.3) is 0 Å². The molecule has 0 aromatic rings. The Morgan fingerprint density at radius 3 is 2.50 bits per heavy atom. The molecule has 0 aromatic heterocycles. The minimum absolute atomic E-state index is 0.422. The van der Waals surface area contributed by atoms with Crippen LogP contribution in [0.5, 0.6) is 0 Å². The maximum atomic E-state index is 7.68. The molecule has 0 rings (SSSR count). The van der Waals surface area contributed by atoms with E-state index in [1.54, 1.807) is 0 Å². The Balaban J connectivity index is 2.34. The molecule has 2 nitrogen and oxygen atoms in total. The lowest BCUT2D eigenvalue weighted by molar-refractivity contribution is -0.241. The average molecular weight is 155 g/mol. The molecular weight excluding hydrogens is 148 g/mol. The second-order valence-electron chi connectivity index (χ2n) is 0.876. The summed E-state index contributed by atoms with van der Waals surface area (Å²) in [5.41, 5.74) is 0. The maximum absolute atomic E-state index is 7.68. The van der Waals surface area contributed by atoms with Gasteiger partial charge in [0.1, 0.15) is 0 Å². The number of hydrogen-bond donors (Lipinski definition) is 1. The smallest absolute Gasteiger partial charge is 0.0827 e. The first-order valence-corrected chi connectivity index (χ1v) is 2.86. The van der Waals surface area contributed by atoms with Crippen LogP contribution >= 0.6 is 15.9 Å². The number of halogens is 1. The second kappa shape index (κ2) is 5.40. The van der Waals surface area contributed by atoms with Gasteiger partial charge in [-0.3, -0.25) is 5.26 Å². The summed E-state index contributed by atoms with van der Waals surface area (Å²) in [6.45, 7) is 0.422. The highest BCUT2D eigenvalue weighted by Gasteiger charge is 1.77. The zero-order chi connectivity index (χ0) is 4.83. The molecule has 6 heavy (non-hydrogen) atoms. The summed E-state index contributed by atoms with van der Waals surface area (Å²) in [5, 5.41) is 8.56. The van der Waals surface area contributed by atoms with Crippen LogP contribution in [0.1, 0.15) is 6.42 Å². The lowest BCUT2D eigenvalue weighted by atomic mass is 10.5. The van der Waals surface area contributed by atoms with Crippen molar-refractivity contribution in [3.05, 3.63) is 0 Å². The summed E-state index contributed by atoms with van der Waals surface area (Å²) in [5.74, 6) is 0. The van der Waals surface area contributed by atoms with Crippen molar-refractivity contribution in [2.75, 3.05) is 11.9 Å². The zero-order valence-electron chi connectivity index (χ0n) is 3.35. The van der Waals surface area contributed by atoms with Crippen molar-refractivity contribution in [2.24, 2.45) is 0 Å². The predicted molar refractivity (Wildman–Crippen MR) is 27.0 cm³/mol. The summed E-state index contributed by atoms with van der Waals surface area (Å²) in [6.07, 6.45) is 0.858. The van der Waals surface area contributed by atoms with Crippen molar-refractivity contribution in [3.63, 3.8) is 0 Å². The van der Waals surface area contributed by atoms with Crippen molar-refractivity contribution in [1.29, 1.82) is 0 Å². The van der Waals surface area contributed by atoms with E-state index in [4.69, 9.17) is 5.26 Å². The van der Waals surface area contributed by atoms with Gasteiger partial charge in [0.2, 0.25) is 0 Å². The first-order chi connectivity index (χ1) is 2.91. The van der Waals surface area contributed by atoms with E-state index >= 15 is 0 Å². The Hall–Kier alpha value is 0.400. The van der Waals surface area contributed by atoms with E-state index in [1.165, 1.54) is 0 Å². The van der Waals surface area contributed by atoms with Gasteiger partial charge in [-0.05, 0) is 6.42 Å². The molecule has 0 spiro atoms. The first kappa shape index (κ1) is 6.40. The number of alkyl halides is 1. The molecular formula is C3H7BrO2. The van der Waals surface area contributed by atoms with Crippen LogP contribution in [-0.2, 0) is 4.89 Å². The quantitative estimate of drug-likeness (QED) is 0.287. The molecule has 0 saturated carbocycles. The van der Waals surface area contributed by atoms with Crippen molar-refractivity contribution < 1.29 is 10.1 Å². The van der Waals surface area contributed by atoms with Crippen LogP contribution in [0.4, 0.5) is 0 Å². The van der Waals surface area contributed by atoms with Crippen LogP contribution in [-0.4, -0.2) is 17.2 Å². The second-order valence-corrected chi connectivity index (χ2v) is 1.67. The van der Waals surface area contributed by atoms with Gasteiger partial charge < -0.3 is 0 Å². The molecule has 0 saturated heterocycles. The molecule has 1 N–H and O–H groups in total. The SMILES string of the molecule is OOCCCBr. The van der Waals surface area contributed by atoms with E-state index < -0.39 is 0 Å². The molecule has 0 heterocycles. The largest absolute Gasteiger partial charge is 0.252 e. The van der Waals surface area contributed by atoms with E-state index in [-0.39, 0.29) is 0 Å². The topological polar surface area (TPSA) is 29.5 Å². The van der Waals surface area contributed by atoms with Gasteiger partial charge in [-0.15, -0.1) is 0 Å². The number of rotatable bonds is 3. The van der Waals surface area contributed by atoms with Crippen molar-refractivity contribution in [3.8, 4) is 0 Å². The Morgan fingerprint density at radius 1 is 1.67 bits per heavy atom. The fraction of sp³-hybridized carbons (Fsp3) is 1.00. The standard InChI is InChI=1S/C3H7BrO2/c4-2-1-3-6-5/h5H,1-3H2. The Labute approximate surface area is 45.2 Å². The summed E-state index contributed by atoms with van der Waals surface area (Å²) in [4.78, 5) is 3.75. The van der Waals surface area contributed by atoms with Gasteiger partial charge in [-0.2, -0.15) is 0 Å². The normalized spacial score (nSPS) is 9.00. The van der Waals surface area contributed by atoms with E-state index in [9.17, 15) is 0 Å². The van der Waals surface area contributed by atoms with E-state index in [0.717, 1.165) is 11.8 Å². The van der Waals surface area contributed by atoms with Gasteiger partial charge in [0.05, 0.1) is 6.61 Å². The zero-order valence-corrected chi connectivity index (χ0v) is 4.94. The van der Waals surface area contributed by atoms with Gasteiger partial charge in [0, 0.05) is 5.33 Å². The highest BCUT2D eigenvalue weighted by molar-refractivity contribution is 9.09.